The Labute approximate surface area is 164 Å². The molecule has 7 heteroatoms. The summed E-state index contributed by atoms with van der Waals surface area (Å²) in [5.41, 5.74) is 0. The molecule has 0 spiro atoms. The van der Waals surface area contributed by atoms with Crippen LogP contribution >= 0.6 is 0 Å². The fourth-order valence-electron chi connectivity index (χ4n) is 4.01. The van der Waals surface area contributed by atoms with Crippen LogP contribution in [0.2, 0.25) is 0 Å². The number of methoxy groups -OCH3 is 1. The highest BCUT2D eigenvalue weighted by molar-refractivity contribution is 5.85. The number of ether oxygens (including phenoxy) is 1. The zero-order chi connectivity index (χ0) is 19.3. The van der Waals surface area contributed by atoms with Gasteiger partial charge in [0.2, 0.25) is 5.91 Å². The van der Waals surface area contributed by atoms with E-state index in [4.69, 9.17) is 4.74 Å². The third kappa shape index (κ3) is 8.93. The van der Waals surface area contributed by atoms with Gasteiger partial charge in [-0.05, 0) is 38.5 Å². The Morgan fingerprint density at radius 1 is 1.11 bits per heavy atom. The molecule has 0 aromatic heterocycles. The van der Waals surface area contributed by atoms with Crippen molar-refractivity contribution < 1.29 is 9.53 Å². The Morgan fingerprint density at radius 3 is 2.52 bits per heavy atom. The minimum Gasteiger partial charge on any atom is -0.383 e. The van der Waals surface area contributed by atoms with Gasteiger partial charge >= 0.3 is 0 Å². The minimum atomic E-state index is -0.0773. The molecule has 0 unspecified atom stereocenters. The van der Waals surface area contributed by atoms with E-state index in [1.54, 1.807) is 7.11 Å². The molecule has 27 heavy (non-hydrogen) atoms. The van der Waals surface area contributed by atoms with E-state index in [1.165, 1.54) is 38.6 Å². The van der Waals surface area contributed by atoms with Crippen LogP contribution in [-0.2, 0) is 9.53 Å². The molecule has 0 atom stereocenters. The van der Waals surface area contributed by atoms with Crippen molar-refractivity contribution in [3.63, 3.8) is 0 Å². The van der Waals surface area contributed by atoms with Crippen molar-refractivity contribution in [1.29, 1.82) is 0 Å². The van der Waals surface area contributed by atoms with Gasteiger partial charge in [-0.15, -0.1) is 0 Å². The molecular weight excluding hydrogens is 342 g/mol. The van der Waals surface area contributed by atoms with Crippen LogP contribution in [0.5, 0.6) is 0 Å². The van der Waals surface area contributed by atoms with Crippen LogP contribution in [0.1, 0.15) is 51.9 Å². The zero-order valence-electron chi connectivity index (χ0n) is 17.3. The second kappa shape index (κ2) is 12.9. The number of guanidine groups is 1. The molecule has 0 radical (unpaired) electrons. The lowest BCUT2D eigenvalue weighted by Gasteiger charge is -2.36. The summed E-state index contributed by atoms with van der Waals surface area (Å²) in [7, 11) is 1.62. The number of piperidine rings is 1. The van der Waals surface area contributed by atoms with E-state index in [9.17, 15) is 4.79 Å². The Bertz CT molecular complexity index is 444. The third-order valence-electron chi connectivity index (χ3n) is 5.52. The van der Waals surface area contributed by atoms with Gasteiger partial charge in [-0.2, -0.15) is 0 Å². The van der Waals surface area contributed by atoms with Gasteiger partial charge in [0.1, 0.15) is 6.54 Å². The molecule has 2 rings (SSSR count). The lowest BCUT2D eigenvalue weighted by Crippen LogP contribution is -2.49. The maximum absolute atomic E-state index is 11.8. The van der Waals surface area contributed by atoms with Gasteiger partial charge in [0, 0.05) is 45.9 Å². The molecule has 0 aromatic carbocycles. The van der Waals surface area contributed by atoms with Crippen molar-refractivity contribution in [3.8, 4) is 0 Å². The minimum absolute atomic E-state index is 0.0773. The lowest BCUT2D eigenvalue weighted by molar-refractivity contribution is -0.119. The van der Waals surface area contributed by atoms with Gasteiger partial charge < -0.3 is 25.6 Å². The SMILES string of the molecule is CCNC(=NCC(=O)NCCOC)NC1CCN(CC2CCCCC2)CC1. The number of rotatable bonds is 9. The number of aliphatic imine (C=N–C) groups is 1. The first kappa shape index (κ1) is 22.0. The topological polar surface area (TPSA) is 78.0 Å². The summed E-state index contributed by atoms with van der Waals surface area (Å²) in [6.07, 6.45) is 9.38. The van der Waals surface area contributed by atoms with Crippen LogP contribution in [-0.4, -0.2) is 75.8 Å². The number of amides is 1. The van der Waals surface area contributed by atoms with Crippen molar-refractivity contribution in [3.05, 3.63) is 0 Å². The molecule has 0 aromatic rings. The zero-order valence-corrected chi connectivity index (χ0v) is 17.3. The Balaban J connectivity index is 1.69. The quantitative estimate of drug-likeness (QED) is 0.319. The molecule has 1 amide bonds. The second-order valence-corrected chi connectivity index (χ2v) is 7.76. The number of carbonyl (C=O) groups is 1. The van der Waals surface area contributed by atoms with E-state index in [-0.39, 0.29) is 12.5 Å². The molecule has 1 saturated heterocycles. The molecule has 7 nitrogen and oxygen atoms in total. The molecule has 1 heterocycles. The maximum Gasteiger partial charge on any atom is 0.241 e. The Kier molecular flexibility index (Phi) is 10.5. The van der Waals surface area contributed by atoms with Crippen LogP contribution < -0.4 is 16.0 Å². The highest BCUT2D eigenvalue weighted by atomic mass is 16.5. The first-order chi connectivity index (χ1) is 13.2. The fourth-order valence-corrected chi connectivity index (χ4v) is 4.01. The predicted molar refractivity (Wildman–Crippen MR) is 110 cm³/mol. The number of nitrogens with one attached hydrogen (secondary N) is 3. The highest BCUT2D eigenvalue weighted by Gasteiger charge is 2.23. The van der Waals surface area contributed by atoms with Gasteiger partial charge in [-0.25, -0.2) is 4.99 Å². The standard InChI is InChI=1S/C20H39N5O2/c1-3-21-20(23-15-19(26)22-11-14-27-2)24-18-9-12-25(13-10-18)16-17-7-5-4-6-8-17/h17-18H,3-16H2,1-2H3,(H,22,26)(H2,21,23,24). The molecule has 0 bridgehead atoms. The van der Waals surface area contributed by atoms with Crippen molar-refractivity contribution in [2.75, 3.05) is 53.0 Å². The van der Waals surface area contributed by atoms with E-state index < -0.39 is 0 Å². The molecule has 1 aliphatic heterocycles. The first-order valence-corrected chi connectivity index (χ1v) is 10.7. The first-order valence-electron chi connectivity index (χ1n) is 10.7. The summed E-state index contributed by atoms with van der Waals surface area (Å²) in [6, 6.07) is 0.432. The van der Waals surface area contributed by atoms with Gasteiger partial charge in [0.25, 0.3) is 0 Å². The second-order valence-electron chi connectivity index (χ2n) is 7.76. The van der Waals surface area contributed by atoms with Gasteiger partial charge in [-0.1, -0.05) is 19.3 Å². The van der Waals surface area contributed by atoms with Crippen LogP contribution in [0, 0.1) is 5.92 Å². The lowest BCUT2D eigenvalue weighted by atomic mass is 9.88. The summed E-state index contributed by atoms with van der Waals surface area (Å²) in [6.45, 7) is 7.61. The van der Waals surface area contributed by atoms with E-state index in [1.807, 2.05) is 6.92 Å². The van der Waals surface area contributed by atoms with Gasteiger partial charge in [-0.3, -0.25) is 4.79 Å². The number of hydrogen-bond donors (Lipinski definition) is 3. The summed E-state index contributed by atoms with van der Waals surface area (Å²) in [5.74, 6) is 1.58. The molecule has 1 saturated carbocycles. The monoisotopic (exact) mass is 381 g/mol. The normalized spacial score (nSPS) is 20.4. The molecule has 156 valence electrons. The summed E-state index contributed by atoms with van der Waals surface area (Å²) in [5, 5.41) is 9.56. The number of nitrogens with zero attached hydrogens (tertiary/aromatic N) is 2. The average molecular weight is 382 g/mol. The molecule has 2 fully saturated rings. The van der Waals surface area contributed by atoms with E-state index in [2.05, 4.69) is 25.8 Å². The molecule has 3 N–H and O–H groups in total. The predicted octanol–water partition coefficient (Wildman–Crippen LogP) is 1.35. The van der Waals surface area contributed by atoms with Crippen LogP contribution in [0.4, 0.5) is 0 Å². The summed E-state index contributed by atoms with van der Waals surface area (Å²) < 4.78 is 4.93. The van der Waals surface area contributed by atoms with E-state index in [0.29, 0.717) is 19.2 Å². The van der Waals surface area contributed by atoms with Crippen molar-refractivity contribution in [1.82, 2.24) is 20.9 Å². The van der Waals surface area contributed by atoms with Crippen molar-refractivity contribution >= 4 is 11.9 Å². The molecule has 2 aliphatic rings. The third-order valence-corrected chi connectivity index (χ3v) is 5.52. The Morgan fingerprint density at radius 2 is 1.85 bits per heavy atom. The highest BCUT2D eigenvalue weighted by Crippen LogP contribution is 2.25. The van der Waals surface area contributed by atoms with Crippen LogP contribution in [0.3, 0.4) is 0 Å². The maximum atomic E-state index is 11.8. The van der Waals surface area contributed by atoms with Crippen molar-refractivity contribution in [2.45, 2.75) is 57.9 Å². The van der Waals surface area contributed by atoms with Gasteiger partial charge in [0.05, 0.1) is 6.61 Å². The number of hydrogen-bond acceptors (Lipinski definition) is 4. The summed E-state index contributed by atoms with van der Waals surface area (Å²) >= 11 is 0. The number of carbonyl (C=O) groups excluding carboxylic acids is 1. The van der Waals surface area contributed by atoms with Crippen LogP contribution in [0.15, 0.2) is 4.99 Å². The van der Waals surface area contributed by atoms with Crippen molar-refractivity contribution in [2.24, 2.45) is 10.9 Å². The Hall–Kier alpha value is -1.34. The number of likely N-dealkylation sites (tertiary alicyclic amines) is 1. The van der Waals surface area contributed by atoms with E-state index in [0.717, 1.165) is 44.4 Å². The average Bonchev–Trinajstić information content (AvgIpc) is 2.69. The smallest absolute Gasteiger partial charge is 0.241 e. The van der Waals surface area contributed by atoms with Gasteiger partial charge in [0.15, 0.2) is 5.96 Å². The molecular formula is C20H39N5O2. The van der Waals surface area contributed by atoms with E-state index >= 15 is 0 Å². The summed E-state index contributed by atoms with van der Waals surface area (Å²) in [4.78, 5) is 18.9. The molecule has 1 aliphatic carbocycles. The fraction of sp³-hybridized carbons (Fsp3) is 0.900. The van der Waals surface area contributed by atoms with Crippen LogP contribution in [0.25, 0.3) is 0 Å². The largest absolute Gasteiger partial charge is 0.383 e.